The molecule has 2 aliphatic carbocycles. The summed E-state index contributed by atoms with van der Waals surface area (Å²) in [7, 11) is 0. The Morgan fingerprint density at radius 3 is 2.47 bits per heavy atom. The molecule has 0 spiro atoms. The first-order valence-electron chi connectivity index (χ1n) is 14.6. The van der Waals surface area contributed by atoms with E-state index in [1.807, 2.05) is 10.8 Å². The number of hydrogen-bond donors (Lipinski definition) is 2. The van der Waals surface area contributed by atoms with E-state index >= 15 is 0 Å². The number of hydrogen-bond acceptors (Lipinski definition) is 3. The minimum absolute atomic E-state index is 0.114. The van der Waals surface area contributed by atoms with Crippen LogP contribution in [0.5, 0.6) is 0 Å². The van der Waals surface area contributed by atoms with Crippen LogP contribution < -0.4 is 10.9 Å². The molecule has 0 aliphatic heterocycles. The lowest BCUT2D eigenvalue weighted by Gasteiger charge is -2.20. The molecule has 2 heterocycles. The second-order valence-electron chi connectivity index (χ2n) is 12.1. The van der Waals surface area contributed by atoms with Gasteiger partial charge in [-0.2, -0.15) is 18.3 Å². The van der Waals surface area contributed by atoms with Gasteiger partial charge in [0, 0.05) is 41.8 Å². The molecule has 0 radical (unpaired) electrons. The summed E-state index contributed by atoms with van der Waals surface area (Å²) in [6.07, 6.45) is 4.15. The topological polar surface area (TPSA) is 80.6 Å². The highest BCUT2D eigenvalue weighted by atomic mass is 19.4. The van der Waals surface area contributed by atoms with Gasteiger partial charge in [0.1, 0.15) is 5.82 Å². The van der Waals surface area contributed by atoms with Crippen molar-refractivity contribution in [2.75, 3.05) is 0 Å². The molecule has 6 rings (SSSR count). The van der Waals surface area contributed by atoms with Crippen molar-refractivity contribution < 1.29 is 22.4 Å². The van der Waals surface area contributed by atoms with Crippen molar-refractivity contribution in [1.29, 1.82) is 5.41 Å². The van der Waals surface area contributed by atoms with Gasteiger partial charge in [0.2, 0.25) is 5.62 Å². The van der Waals surface area contributed by atoms with Gasteiger partial charge in [-0.15, -0.1) is 0 Å². The van der Waals surface area contributed by atoms with Crippen LogP contribution >= 0.6 is 0 Å². The van der Waals surface area contributed by atoms with Gasteiger partial charge in [-0.3, -0.25) is 14.9 Å². The molecular weight excluding hydrogens is 560 g/mol. The van der Waals surface area contributed by atoms with Gasteiger partial charge in [0.15, 0.2) is 5.69 Å². The van der Waals surface area contributed by atoms with Gasteiger partial charge >= 0.3 is 6.18 Å². The van der Waals surface area contributed by atoms with Crippen LogP contribution in [0.3, 0.4) is 0 Å². The first-order valence-corrected chi connectivity index (χ1v) is 14.6. The van der Waals surface area contributed by atoms with Crippen LogP contribution in [0.4, 0.5) is 17.6 Å². The van der Waals surface area contributed by atoms with Crippen LogP contribution in [0, 0.1) is 24.1 Å². The van der Waals surface area contributed by atoms with Gasteiger partial charge in [-0.1, -0.05) is 12.1 Å². The Hall–Kier alpha value is -4.15. The van der Waals surface area contributed by atoms with Crippen LogP contribution in [0.1, 0.15) is 90.4 Å². The molecule has 1 amide bonds. The van der Waals surface area contributed by atoms with E-state index in [1.54, 1.807) is 55.8 Å². The Bertz CT molecular complexity index is 1740. The fourth-order valence-electron chi connectivity index (χ4n) is 5.55. The molecule has 0 bridgehead atoms. The summed E-state index contributed by atoms with van der Waals surface area (Å²) in [4.78, 5) is 13.8. The van der Waals surface area contributed by atoms with Crippen LogP contribution in [0.25, 0.3) is 11.1 Å². The Labute approximate surface area is 246 Å². The molecule has 2 N–H and O–H groups in total. The molecule has 226 valence electrons. The van der Waals surface area contributed by atoms with E-state index < -0.39 is 17.8 Å². The van der Waals surface area contributed by atoms with Crippen molar-refractivity contribution in [3.63, 3.8) is 0 Å². The minimum atomic E-state index is -4.70. The highest BCUT2D eigenvalue weighted by Crippen LogP contribution is 2.42. The minimum Gasteiger partial charge on any atom is -0.345 e. The Kier molecular flexibility index (Phi) is 7.30. The normalized spacial score (nSPS) is 16.1. The summed E-state index contributed by atoms with van der Waals surface area (Å²) >= 11 is 0. The Balaban J connectivity index is 1.41. The van der Waals surface area contributed by atoms with Gasteiger partial charge in [0.25, 0.3) is 5.91 Å². The number of halogens is 4. The largest absolute Gasteiger partial charge is 0.435 e. The monoisotopic (exact) mass is 594 g/mol. The van der Waals surface area contributed by atoms with E-state index in [9.17, 15) is 22.4 Å². The molecule has 1 unspecified atom stereocenters. The van der Waals surface area contributed by atoms with Crippen molar-refractivity contribution in [3.8, 4) is 11.1 Å². The van der Waals surface area contributed by atoms with Crippen LogP contribution in [-0.2, 0) is 12.7 Å². The third kappa shape index (κ3) is 6.03. The molecule has 2 saturated carbocycles. The zero-order valence-electron chi connectivity index (χ0n) is 24.3. The molecule has 0 saturated heterocycles. The molecule has 2 aromatic carbocycles. The zero-order valence-corrected chi connectivity index (χ0v) is 24.3. The molecular formula is C32H34F4N6O. The lowest BCUT2D eigenvalue weighted by atomic mass is 9.97. The Morgan fingerprint density at radius 2 is 1.84 bits per heavy atom. The highest BCUT2D eigenvalue weighted by molar-refractivity contribution is 5.96. The number of nitrogens with zero attached hydrogens (tertiary/aromatic N) is 4. The summed E-state index contributed by atoms with van der Waals surface area (Å²) in [6, 6.07) is 9.20. The molecule has 7 nitrogen and oxygen atoms in total. The summed E-state index contributed by atoms with van der Waals surface area (Å²) in [5.41, 5.74) is 1.44. The number of carbonyl (C=O) groups is 1. The standard InChI is InChI=1S/C32H34F4N6O/c1-18(2)42-17-26(29(39-42)32(34,35)36)23-13-20(16-40-10-11-41(31(40)37)25-7-8-25)14-24(15-23)30(43)38-28(21-4-5-21)22-6-9-27(33)19(3)12-22/h6,9-15,17-18,21,25,28,37H,4-5,7-8,16H2,1-3H3,(H,38,43). The SMILES string of the molecule is Cc1cc(C(NC(=O)c2cc(Cn3ccn(C4CC4)c3=N)cc(-c3cn(C(C)C)nc3C(F)(F)F)c2)C2CC2)ccc1F. The molecule has 1 atom stereocenters. The Morgan fingerprint density at radius 1 is 1.09 bits per heavy atom. The molecule has 43 heavy (non-hydrogen) atoms. The van der Waals surface area contributed by atoms with Crippen molar-refractivity contribution in [2.24, 2.45) is 5.92 Å². The number of nitrogens with one attached hydrogen (secondary N) is 2. The van der Waals surface area contributed by atoms with Crippen LogP contribution in [-0.4, -0.2) is 24.8 Å². The lowest BCUT2D eigenvalue weighted by Crippen LogP contribution is -2.30. The zero-order chi connectivity index (χ0) is 30.6. The van der Waals surface area contributed by atoms with E-state index in [1.165, 1.54) is 23.0 Å². The number of aromatic nitrogens is 4. The second kappa shape index (κ2) is 10.8. The first kappa shape index (κ1) is 28.9. The second-order valence-corrected chi connectivity index (χ2v) is 12.1. The average molecular weight is 595 g/mol. The number of alkyl halides is 3. The van der Waals surface area contributed by atoms with Gasteiger partial charge < -0.3 is 14.5 Å². The third-order valence-electron chi connectivity index (χ3n) is 8.23. The maximum atomic E-state index is 14.2. The lowest BCUT2D eigenvalue weighted by molar-refractivity contribution is -0.141. The van der Waals surface area contributed by atoms with E-state index in [-0.39, 0.29) is 47.1 Å². The predicted octanol–water partition coefficient (Wildman–Crippen LogP) is 6.94. The number of carbonyl (C=O) groups excluding carboxylic acids is 1. The van der Waals surface area contributed by atoms with E-state index in [4.69, 9.17) is 5.41 Å². The fraction of sp³-hybridized carbons (Fsp3) is 0.406. The molecule has 2 fully saturated rings. The van der Waals surface area contributed by atoms with E-state index in [0.717, 1.165) is 31.2 Å². The smallest absolute Gasteiger partial charge is 0.345 e. The molecule has 11 heteroatoms. The number of rotatable bonds is 9. The number of amides is 1. The summed E-state index contributed by atoms with van der Waals surface area (Å²) in [5.74, 6) is -0.564. The summed E-state index contributed by atoms with van der Waals surface area (Å²) in [6.45, 7) is 5.37. The van der Waals surface area contributed by atoms with Crippen molar-refractivity contribution in [3.05, 3.63) is 94.4 Å². The maximum Gasteiger partial charge on any atom is 0.435 e. The van der Waals surface area contributed by atoms with Crippen LogP contribution in [0.15, 0.2) is 55.0 Å². The maximum absolute atomic E-state index is 14.2. The van der Waals surface area contributed by atoms with Crippen molar-refractivity contribution in [2.45, 2.75) is 77.3 Å². The van der Waals surface area contributed by atoms with Gasteiger partial charge in [0.05, 0.1) is 12.6 Å². The highest BCUT2D eigenvalue weighted by Gasteiger charge is 2.38. The van der Waals surface area contributed by atoms with Crippen molar-refractivity contribution >= 4 is 5.91 Å². The fourth-order valence-corrected chi connectivity index (χ4v) is 5.55. The third-order valence-corrected chi connectivity index (χ3v) is 8.23. The first-order chi connectivity index (χ1) is 20.4. The molecule has 2 aromatic heterocycles. The quantitative estimate of drug-likeness (QED) is 0.206. The summed E-state index contributed by atoms with van der Waals surface area (Å²) < 4.78 is 61.3. The number of benzene rings is 2. The number of aryl methyl sites for hydroxylation is 1. The molecule has 2 aliphatic rings. The van der Waals surface area contributed by atoms with Crippen LogP contribution in [0.2, 0.25) is 0 Å². The van der Waals surface area contributed by atoms with Gasteiger partial charge in [-0.05, 0) is 98.9 Å². The summed E-state index contributed by atoms with van der Waals surface area (Å²) in [5, 5.41) is 15.5. The number of imidazole rings is 1. The average Bonchev–Trinajstić information content (AvgIpc) is 3.89. The predicted molar refractivity (Wildman–Crippen MR) is 153 cm³/mol. The van der Waals surface area contributed by atoms with Gasteiger partial charge in [-0.25, -0.2) is 4.39 Å². The van der Waals surface area contributed by atoms with E-state index in [0.29, 0.717) is 22.8 Å². The van der Waals surface area contributed by atoms with E-state index in [2.05, 4.69) is 10.4 Å². The molecule has 4 aromatic rings. The van der Waals surface area contributed by atoms with Crippen molar-refractivity contribution in [1.82, 2.24) is 24.2 Å².